The number of aryl methyl sites for hydroxylation is 1. The second kappa shape index (κ2) is 6.09. The highest BCUT2D eigenvalue weighted by molar-refractivity contribution is 5.94. The molecule has 0 saturated carbocycles. The van der Waals surface area contributed by atoms with Crippen molar-refractivity contribution < 1.29 is 4.79 Å². The lowest BCUT2D eigenvalue weighted by Gasteiger charge is -2.29. The normalized spacial score (nSPS) is 13.7. The van der Waals surface area contributed by atoms with Gasteiger partial charge in [0.05, 0.1) is 11.4 Å². The smallest absolute Gasteiger partial charge is 0.254 e. The number of aromatic nitrogens is 4. The second-order valence-electron chi connectivity index (χ2n) is 6.90. The Kier molecular flexibility index (Phi) is 3.57. The van der Waals surface area contributed by atoms with Crippen LogP contribution in [-0.4, -0.2) is 36.5 Å². The van der Waals surface area contributed by atoms with E-state index in [-0.39, 0.29) is 5.91 Å². The summed E-state index contributed by atoms with van der Waals surface area (Å²) >= 11 is 0. The van der Waals surface area contributed by atoms with Gasteiger partial charge in [0, 0.05) is 61.0 Å². The van der Waals surface area contributed by atoms with Gasteiger partial charge in [0.1, 0.15) is 0 Å². The van der Waals surface area contributed by atoms with Crippen molar-refractivity contribution >= 4 is 11.6 Å². The number of carbonyl (C=O) groups is 1. The summed E-state index contributed by atoms with van der Waals surface area (Å²) in [6.07, 6.45) is 6.63. The van der Waals surface area contributed by atoms with Crippen molar-refractivity contribution in [3.8, 4) is 5.69 Å². The molecule has 0 atom stereocenters. The average Bonchev–Trinajstić information content (AvgIpc) is 3.36. The Bertz CT molecular complexity index is 1130. The van der Waals surface area contributed by atoms with Gasteiger partial charge in [-0.05, 0) is 43.3 Å². The molecule has 5 rings (SSSR count). The summed E-state index contributed by atoms with van der Waals surface area (Å²) < 4.78 is 3.94. The third-order valence-corrected chi connectivity index (χ3v) is 5.08. The molecule has 27 heavy (non-hydrogen) atoms. The maximum atomic E-state index is 13.0. The van der Waals surface area contributed by atoms with Gasteiger partial charge in [0.2, 0.25) is 0 Å². The molecule has 4 aromatic rings. The molecule has 1 amide bonds. The summed E-state index contributed by atoms with van der Waals surface area (Å²) in [6.45, 7) is 3.22. The van der Waals surface area contributed by atoms with E-state index in [2.05, 4.69) is 10.1 Å². The summed E-state index contributed by atoms with van der Waals surface area (Å²) in [5.41, 5.74) is 5.79. The van der Waals surface area contributed by atoms with Crippen LogP contribution < -0.4 is 0 Å². The fourth-order valence-corrected chi connectivity index (χ4v) is 3.69. The molecule has 0 saturated heterocycles. The Morgan fingerprint density at radius 2 is 1.89 bits per heavy atom. The van der Waals surface area contributed by atoms with Crippen LogP contribution in [0.25, 0.3) is 11.3 Å². The lowest BCUT2D eigenvalue weighted by atomic mass is 10.1. The zero-order valence-corrected chi connectivity index (χ0v) is 15.0. The SMILES string of the molecule is Cc1cc2ncc3c(n2n1)CCN(C(=O)c1ccc(-n2cccc2)cc1)C3. The van der Waals surface area contributed by atoms with E-state index in [9.17, 15) is 4.79 Å². The Hall–Kier alpha value is -3.41. The molecule has 1 aliphatic heterocycles. The van der Waals surface area contributed by atoms with Crippen molar-refractivity contribution in [2.75, 3.05) is 6.54 Å². The quantitative estimate of drug-likeness (QED) is 0.554. The van der Waals surface area contributed by atoms with Crippen LogP contribution in [0.1, 0.15) is 27.3 Å². The number of rotatable bonds is 2. The minimum Gasteiger partial charge on any atom is -0.334 e. The topological polar surface area (TPSA) is 55.4 Å². The second-order valence-corrected chi connectivity index (χ2v) is 6.90. The summed E-state index contributed by atoms with van der Waals surface area (Å²) in [4.78, 5) is 19.3. The Morgan fingerprint density at radius 3 is 2.67 bits per heavy atom. The minimum atomic E-state index is 0.0523. The lowest BCUT2D eigenvalue weighted by Crippen LogP contribution is -2.37. The molecule has 0 radical (unpaired) electrons. The van der Waals surface area contributed by atoms with E-state index in [4.69, 9.17) is 0 Å². The van der Waals surface area contributed by atoms with E-state index in [0.717, 1.165) is 34.7 Å². The maximum Gasteiger partial charge on any atom is 0.254 e. The summed E-state index contributed by atoms with van der Waals surface area (Å²) in [6, 6.07) is 13.7. The van der Waals surface area contributed by atoms with Gasteiger partial charge in [0.25, 0.3) is 5.91 Å². The standard InChI is InChI=1S/C21H19N5O/c1-15-12-20-22-13-17-14-25(11-8-19(17)26(20)23-15)21(27)16-4-6-18(7-5-16)24-9-2-3-10-24/h2-7,9-10,12-13H,8,11,14H2,1H3. The van der Waals surface area contributed by atoms with Gasteiger partial charge >= 0.3 is 0 Å². The van der Waals surface area contributed by atoms with Crippen LogP contribution in [-0.2, 0) is 13.0 Å². The maximum absolute atomic E-state index is 13.0. The van der Waals surface area contributed by atoms with Crippen molar-refractivity contribution in [2.45, 2.75) is 19.9 Å². The van der Waals surface area contributed by atoms with E-state index in [0.29, 0.717) is 18.7 Å². The molecule has 0 spiro atoms. The largest absolute Gasteiger partial charge is 0.334 e. The fraction of sp³-hybridized carbons (Fsp3) is 0.190. The number of benzene rings is 1. The van der Waals surface area contributed by atoms with Gasteiger partial charge in [-0.3, -0.25) is 4.79 Å². The first-order valence-electron chi connectivity index (χ1n) is 9.05. The van der Waals surface area contributed by atoms with E-state index in [1.165, 1.54) is 0 Å². The number of hydrogen-bond acceptors (Lipinski definition) is 3. The molecule has 6 nitrogen and oxygen atoms in total. The van der Waals surface area contributed by atoms with E-state index in [1.807, 2.05) is 82.0 Å². The zero-order chi connectivity index (χ0) is 18.4. The van der Waals surface area contributed by atoms with E-state index in [1.54, 1.807) is 0 Å². The fourth-order valence-electron chi connectivity index (χ4n) is 3.69. The summed E-state index contributed by atoms with van der Waals surface area (Å²) in [5.74, 6) is 0.0523. The van der Waals surface area contributed by atoms with Crippen LogP contribution in [0.3, 0.4) is 0 Å². The summed E-state index contributed by atoms with van der Waals surface area (Å²) in [5, 5.41) is 4.54. The van der Waals surface area contributed by atoms with E-state index >= 15 is 0 Å². The molecule has 0 N–H and O–H groups in total. The first-order valence-corrected chi connectivity index (χ1v) is 9.05. The molecule has 1 aromatic carbocycles. The number of nitrogens with zero attached hydrogens (tertiary/aromatic N) is 5. The number of hydrogen-bond donors (Lipinski definition) is 0. The molecule has 4 heterocycles. The third kappa shape index (κ3) is 2.70. The molecule has 0 unspecified atom stereocenters. The molecule has 6 heteroatoms. The van der Waals surface area contributed by atoms with Gasteiger partial charge in [0.15, 0.2) is 5.65 Å². The molecule has 0 fully saturated rings. The highest BCUT2D eigenvalue weighted by Crippen LogP contribution is 2.22. The molecule has 0 aliphatic carbocycles. The Morgan fingerprint density at radius 1 is 1.11 bits per heavy atom. The monoisotopic (exact) mass is 357 g/mol. The van der Waals surface area contributed by atoms with Gasteiger partial charge in [-0.15, -0.1) is 0 Å². The predicted octanol–water partition coefficient (Wildman–Crippen LogP) is 3.03. The van der Waals surface area contributed by atoms with Crippen molar-refractivity contribution in [2.24, 2.45) is 0 Å². The Balaban J connectivity index is 1.39. The van der Waals surface area contributed by atoms with Crippen LogP contribution in [0.2, 0.25) is 0 Å². The van der Waals surface area contributed by atoms with Crippen LogP contribution in [0.15, 0.2) is 61.1 Å². The first-order chi connectivity index (χ1) is 13.2. The van der Waals surface area contributed by atoms with Crippen molar-refractivity contribution in [1.82, 2.24) is 24.1 Å². The van der Waals surface area contributed by atoms with Crippen molar-refractivity contribution in [3.63, 3.8) is 0 Å². The van der Waals surface area contributed by atoms with Crippen molar-refractivity contribution in [3.05, 3.63) is 83.6 Å². The van der Waals surface area contributed by atoms with Gasteiger partial charge in [-0.25, -0.2) is 9.50 Å². The average molecular weight is 357 g/mol. The number of fused-ring (bicyclic) bond motifs is 3. The van der Waals surface area contributed by atoms with Crippen LogP contribution >= 0.6 is 0 Å². The summed E-state index contributed by atoms with van der Waals surface area (Å²) in [7, 11) is 0. The number of amides is 1. The van der Waals surface area contributed by atoms with Crippen LogP contribution in [0, 0.1) is 6.92 Å². The third-order valence-electron chi connectivity index (χ3n) is 5.08. The van der Waals surface area contributed by atoms with Gasteiger partial charge in [-0.1, -0.05) is 0 Å². The van der Waals surface area contributed by atoms with Gasteiger partial charge < -0.3 is 9.47 Å². The molecular weight excluding hydrogens is 338 g/mol. The molecule has 3 aromatic heterocycles. The number of carbonyl (C=O) groups excluding carboxylic acids is 1. The zero-order valence-electron chi connectivity index (χ0n) is 15.0. The molecule has 0 bridgehead atoms. The molecular formula is C21H19N5O. The minimum absolute atomic E-state index is 0.0523. The van der Waals surface area contributed by atoms with Crippen LogP contribution in [0.4, 0.5) is 0 Å². The first kappa shape index (κ1) is 15.8. The van der Waals surface area contributed by atoms with Crippen LogP contribution in [0.5, 0.6) is 0 Å². The van der Waals surface area contributed by atoms with Crippen molar-refractivity contribution in [1.29, 1.82) is 0 Å². The lowest BCUT2D eigenvalue weighted by molar-refractivity contribution is 0.0732. The Labute approximate surface area is 156 Å². The highest BCUT2D eigenvalue weighted by Gasteiger charge is 2.24. The van der Waals surface area contributed by atoms with E-state index < -0.39 is 0 Å². The highest BCUT2D eigenvalue weighted by atomic mass is 16.2. The molecule has 1 aliphatic rings. The van der Waals surface area contributed by atoms with Gasteiger partial charge in [-0.2, -0.15) is 5.10 Å². The molecule has 134 valence electrons. The predicted molar refractivity (Wildman–Crippen MR) is 102 cm³/mol.